The first-order chi connectivity index (χ1) is 23.8. The number of hydrogen-bond donors (Lipinski definition) is 2. The standard InChI is InChI=1S/C37H42F3N5O4/c1-47-29-10-4-25(5-11-29)22-48-35-31(38)19-30(33(39)34(35)40)36(46)42-20-24-2-7-27(8-3-24)45-21-26-6-9-28(18-32(26)43-45)44-15-12-37(13-16-44)23-41-14-17-49-37/h4-6,9-11,18-19,21,24,27,41H,2-3,7-8,12-17,20,22-23H2,1H3,(H,42,46). The van der Waals surface area contributed by atoms with Crippen LogP contribution < -0.4 is 25.0 Å². The predicted octanol–water partition coefficient (Wildman–Crippen LogP) is 6.16. The Balaban J connectivity index is 0.903. The zero-order valence-corrected chi connectivity index (χ0v) is 27.7. The van der Waals surface area contributed by atoms with Gasteiger partial charge in [-0.05, 0) is 86.4 Å². The molecule has 4 aromatic rings. The number of anilines is 1. The number of amides is 1. The van der Waals surface area contributed by atoms with E-state index in [2.05, 4.69) is 44.6 Å². The van der Waals surface area contributed by atoms with Gasteiger partial charge in [-0.25, -0.2) is 8.78 Å². The summed E-state index contributed by atoms with van der Waals surface area (Å²) < 4.78 is 63.0. The minimum Gasteiger partial charge on any atom is -0.497 e. The molecule has 2 aliphatic heterocycles. The highest BCUT2D eigenvalue weighted by Gasteiger charge is 2.37. The summed E-state index contributed by atoms with van der Waals surface area (Å²) in [6.45, 7) is 4.64. The van der Waals surface area contributed by atoms with Crippen molar-refractivity contribution in [1.29, 1.82) is 0 Å². The number of morpholine rings is 1. The minimum absolute atomic E-state index is 0.0334. The van der Waals surface area contributed by atoms with Crippen LogP contribution in [0.1, 0.15) is 60.5 Å². The Morgan fingerprint density at radius 3 is 2.53 bits per heavy atom. The fourth-order valence-electron chi connectivity index (χ4n) is 7.31. The SMILES string of the molecule is COc1ccc(COc2c(F)cc(C(=O)NCC3CCC(n4cc5ccc(N6CCC7(CC6)CNCCO7)cc5n4)CC3)c(F)c2F)cc1. The Morgan fingerprint density at radius 2 is 1.82 bits per heavy atom. The summed E-state index contributed by atoms with van der Waals surface area (Å²) in [6, 6.07) is 14.1. The average molecular weight is 678 g/mol. The van der Waals surface area contributed by atoms with Crippen molar-refractivity contribution in [3.05, 3.63) is 83.3 Å². The van der Waals surface area contributed by atoms with Crippen LogP contribution in [0, 0.1) is 23.4 Å². The summed E-state index contributed by atoms with van der Waals surface area (Å²) in [4.78, 5) is 15.2. The van der Waals surface area contributed by atoms with Crippen molar-refractivity contribution < 1.29 is 32.2 Å². The number of carbonyl (C=O) groups excluding carboxylic acids is 1. The number of carbonyl (C=O) groups is 1. The van der Waals surface area contributed by atoms with E-state index in [1.165, 1.54) is 12.8 Å². The second-order valence-corrected chi connectivity index (χ2v) is 13.4. The zero-order valence-electron chi connectivity index (χ0n) is 27.7. The van der Waals surface area contributed by atoms with Crippen molar-refractivity contribution in [1.82, 2.24) is 20.4 Å². The monoisotopic (exact) mass is 677 g/mol. The molecule has 2 saturated heterocycles. The summed E-state index contributed by atoms with van der Waals surface area (Å²) in [5, 5.41) is 12.2. The van der Waals surface area contributed by atoms with E-state index >= 15 is 0 Å². The highest BCUT2D eigenvalue weighted by molar-refractivity contribution is 5.94. The zero-order chi connectivity index (χ0) is 34.0. The van der Waals surface area contributed by atoms with Gasteiger partial charge in [0.05, 0.1) is 36.4 Å². The number of halogens is 3. The van der Waals surface area contributed by atoms with E-state index in [-0.39, 0.29) is 30.7 Å². The molecule has 3 heterocycles. The Labute approximate surface area is 283 Å². The fraction of sp³-hybridized carbons (Fsp3) is 0.459. The molecule has 7 rings (SSSR count). The second kappa shape index (κ2) is 14.3. The van der Waals surface area contributed by atoms with Crippen molar-refractivity contribution in [2.45, 2.75) is 56.8 Å². The molecule has 1 amide bonds. The van der Waals surface area contributed by atoms with Crippen LogP contribution in [0.4, 0.5) is 18.9 Å². The molecular formula is C37H42F3N5O4. The van der Waals surface area contributed by atoms with Crippen molar-refractivity contribution >= 4 is 22.5 Å². The van der Waals surface area contributed by atoms with Gasteiger partial charge < -0.3 is 29.7 Å². The van der Waals surface area contributed by atoms with Crippen molar-refractivity contribution in [2.75, 3.05) is 51.3 Å². The van der Waals surface area contributed by atoms with Gasteiger partial charge in [0.15, 0.2) is 17.4 Å². The van der Waals surface area contributed by atoms with E-state index < -0.39 is 34.7 Å². The fourth-order valence-corrected chi connectivity index (χ4v) is 7.31. The lowest BCUT2D eigenvalue weighted by atomic mass is 9.86. The van der Waals surface area contributed by atoms with E-state index in [1.54, 1.807) is 24.3 Å². The van der Waals surface area contributed by atoms with E-state index in [9.17, 15) is 18.0 Å². The lowest BCUT2D eigenvalue weighted by Gasteiger charge is -2.44. The Hall–Kier alpha value is -4.29. The van der Waals surface area contributed by atoms with Crippen molar-refractivity contribution in [3.8, 4) is 11.5 Å². The molecule has 9 nitrogen and oxygen atoms in total. The number of piperidine rings is 1. The summed E-state index contributed by atoms with van der Waals surface area (Å²) >= 11 is 0. The van der Waals surface area contributed by atoms with Crippen molar-refractivity contribution in [3.63, 3.8) is 0 Å². The van der Waals surface area contributed by atoms with Gasteiger partial charge in [0.25, 0.3) is 5.91 Å². The van der Waals surface area contributed by atoms with E-state index in [4.69, 9.17) is 19.3 Å². The molecule has 0 unspecified atom stereocenters. The van der Waals surface area contributed by atoms with Crippen molar-refractivity contribution in [2.24, 2.45) is 5.92 Å². The Morgan fingerprint density at radius 1 is 1.04 bits per heavy atom. The summed E-state index contributed by atoms with van der Waals surface area (Å²) in [7, 11) is 1.52. The van der Waals surface area contributed by atoms with Gasteiger partial charge in [0.1, 0.15) is 12.4 Å². The molecule has 3 aromatic carbocycles. The molecule has 1 spiro atoms. The number of ether oxygens (including phenoxy) is 3. The van der Waals surface area contributed by atoms with Gasteiger partial charge in [0.2, 0.25) is 5.82 Å². The summed E-state index contributed by atoms with van der Waals surface area (Å²) in [6.07, 6.45) is 7.54. The molecule has 1 aromatic heterocycles. The Bertz CT molecular complexity index is 1780. The van der Waals surface area contributed by atoms with Gasteiger partial charge in [-0.3, -0.25) is 9.48 Å². The normalized spacial score (nSPS) is 20.8. The number of rotatable bonds is 9. The molecule has 2 N–H and O–H groups in total. The van der Waals surface area contributed by atoms with Gasteiger partial charge >= 0.3 is 0 Å². The molecule has 3 fully saturated rings. The molecule has 260 valence electrons. The maximum Gasteiger partial charge on any atom is 0.254 e. The van der Waals surface area contributed by atoms with E-state index in [0.29, 0.717) is 17.4 Å². The molecule has 0 radical (unpaired) electrons. The molecule has 1 aliphatic carbocycles. The van der Waals surface area contributed by atoms with Gasteiger partial charge in [-0.2, -0.15) is 9.49 Å². The number of methoxy groups -OCH3 is 1. The molecule has 0 atom stereocenters. The van der Waals surface area contributed by atoms with E-state index in [0.717, 1.165) is 82.2 Å². The van der Waals surface area contributed by atoms with Gasteiger partial charge in [0, 0.05) is 50.0 Å². The predicted molar refractivity (Wildman–Crippen MR) is 180 cm³/mol. The summed E-state index contributed by atoms with van der Waals surface area (Å²) in [5.41, 5.74) is 2.05. The van der Waals surface area contributed by atoms with Crippen LogP contribution in [0.25, 0.3) is 10.9 Å². The third kappa shape index (κ3) is 7.21. The van der Waals surface area contributed by atoms with Crippen LogP contribution in [-0.4, -0.2) is 67.7 Å². The van der Waals surface area contributed by atoms with Gasteiger partial charge in [-0.15, -0.1) is 0 Å². The summed E-state index contributed by atoms with van der Waals surface area (Å²) in [5.74, 6) is -5.07. The quantitative estimate of drug-likeness (QED) is 0.205. The van der Waals surface area contributed by atoms with Crippen LogP contribution in [-0.2, 0) is 11.3 Å². The molecule has 3 aliphatic rings. The topological polar surface area (TPSA) is 89.9 Å². The number of nitrogens with zero attached hydrogens (tertiary/aromatic N) is 3. The van der Waals surface area contributed by atoms with Crippen LogP contribution in [0.15, 0.2) is 54.7 Å². The molecule has 1 saturated carbocycles. The highest BCUT2D eigenvalue weighted by Crippen LogP contribution is 2.35. The van der Waals surface area contributed by atoms with E-state index in [1.807, 2.05) is 0 Å². The Kier molecular flexibility index (Phi) is 9.68. The number of fused-ring (bicyclic) bond motifs is 1. The maximum absolute atomic E-state index is 14.9. The number of benzene rings is 3. The first kappa shape index (κ1) is 33.2. The third-order valence-corrected chi connectivity index (χ3v) is 10.3. The smallest absolute Gasteiger partial charge is 0.254 e. The molecular weight excluding hydrogens is 635 g/mol. The number of aromatic nitrogens is 2. The lowest BCUT2D eigenvalue weighted by molar-refractivity contribution is -0.0799. The second-order valence-electron chi connectivity index (χ2n) is 13.4. The first-order valence-corrected chi connectivity index (χ1v) is 17.1. The van der Waals surface area contributed by atoms with Crippen LogP contribution >= 0.6 is 0 Å². The average Bonchev–Trinajstić information content (AvgIpc) is 3.57. The molecule has 12 heteroatoms. The largest absolute Gasteiger partial charge is 0.497 e. The van der Waals surface area contributed by atoms with Crippen LogP contribution in [0.5, 0.6) is 11.5 Å². The highest BCUT2D eigenvalue weighted by atomic mass is 19.2. The molecule has 49 heavy (non-hydrogen) atoms. The maximum atomic E-state index is 14.9. The minimum atomic E-state index is -1.53. The van der Waals surface area contributed by atoms with Crippen LogP contribution in [0.2, 0.25) is 0 Å². The van der Waals surface area contributed by atoms with Gasteiger partial charge in [-0.1, -0.05) is 12.1 Å². The number of nitrogens with one attached hydrogen (secondary N) is 2. The van der Waals surface area contributed by atoms with Crippen LogP contribution in [0.3, 0.4) is 0 Å². The lowest BCUT2D eigenvalue weighted by Crippen LogP contribution is -2.55. The molecule has 0 bridgehead atoms. The number of hydrogen-bond acceptors (Lipinski definition) is 7. The first-order valence-electron chi connectivity index (χ1n) is 17.1. The third-order valence-electron chi connectivity index (χ3n) is 10.3.